The van der Waals surface area contributed by atoms with E-state index in [-0.39, 0.29) is 17.0 Å². The van der Waals surface area contributed by atoms with E-state index < -0.39 is 11.7 Å². The summed E-state index contributed by atoms with van der Waals surface area (Å²) in [6, 6.07) is 13.2. The summed E-state index contributed by atoms with van der Waals surface area (Å²) < 4.78 is 18.5. The van der Waals surface area contributed by atoms with Crippen LogP contribution in [0.4, 0.5) is 10.1 Å². The molecule has 0 bridgehead atoms. The first-order valence-corrected chi connectivity index (χ1v) is 11.2. The van der Waals surface area contributed by atoms with Crippen LogP contribution in [0.3, 0.4) is 0 Å². The number of carbonyl (C=O) groups excluding carboxylic acids is 2. The number of aryl methyl sites for hydroxylation is 1. The molecule has 1 aliphatic heterocycles. The Morgan fingerprint density at radius 1 is 1.22 bits per heavy atom. The van der Waals surface area contributed by atoms with Gasteiger partial charge < -0.3 is 15.0 Å². The summed E-state index contributed by atoms with van der Waals surface area (Å²) in [5.74, 6) is -0.0392. The molecule has 1 aromatic heterocycles. The van der Waals surface area contributed by atoms with Crippen LogP contribution in [0.2, 0.25) is 0 Å². The van der Waals surface area contributed by atoms with Gasteiger partial charge in [0.2, 0.25) is 10.9 Å². The quantitative estimate of drug-likeness (QED) is 0.577. The molecule has 4 rings (SSSR count). The van der Waals surface area contributed by atoms with Crippen molar-refractivity contribution in [3.8, 4) is 5.75 Å². The second-order valence-corrected chi connectivity index (χ2v) is 8.51. The fourth-order valence-corrected chi connectivity index (χ4v) is 4.61. The number of likely N-dealkylation sites (tertiary alicyclic amines) is 1. The SMILES string of the molecule is COc1ccc(CCC(=O)N2CCC[C@@H]2c2nnc(C(=O)Nc3cccc(F)c3)s2)cc1. The summed E-state index contributed by atoms with van der Waals surface area (Å²) >= 11 is 1.17. The molecule has 0 aliphatic carbocycles. The standard InChI is InChI=1S/C23H23FN4O3S/c1-31-18-10-7-15(8-11-18)9-12-20(29)28-13-3-6-19(28)22-26-27-23(32-22)21(30)25-17-5-2-4-16(24)14-17/h2,4-5,7-8,10-11,14,19H,3,6,9,12-13H2,1H3,(H,25,30)/t19-/m1/s1. The van der Waals surface area contributed by atoms with E-state index in [0.717, 1.165) is 24.2 Å². The van der Waals surface area contributed by atoms with Gasteiger partial charge in [-0.25, -0.2) is 4.39 Å². The minimum absolute atomic E-state index is 0.0595. The minimum Gasteiger partial charge on any atom is -0.497 e. The molecule has 0 radical (unpaired) electrons. The molecule has 166 valence electrons. The molecule has 7 nitrogen and oxygen atoms in total. The molecule has 32 heavy (non-hydrogen) atoms. The van der Waals surface area contributed by atoms with Gasteiger partial charge in [-0.15, -0.1) is 10.2 Å². The number of nitrogens with zero attached hydrogens (tertiary/aromatic N) is 3. The second-order valence-electron chi connectivity index (χ2n) is 7.50. The largest absolute Gasteiger partial charge is 0.497 e. The normalized spacial score (nSPS) is 15.6. The molecule has 1 saturated heterocycles. The predicted molar refractivity (Wildman–Crippen MR) is 119 cm³/mol. The number of aromatic nitrogens is 2. The highest BCUT2D eigenvalue weighted by Crippen LogP contribution is 2.34. The first kappa shape index (κ1) is 21.9. The lowest BCUT2D eigenvalue weighted by molar-refractivity contribution is -0.132. The van der Waals surface area contributed by atoms with Gasteiger partial charge in [-0.3, -0.25) is 9.59 Å². The van der Waals surface area contributed by atoms with Crippen LogP contribution in [0.1, 0.15) is 45.7 Å². The van der Waals surface area contributed by atoms with E-state index in [1.54, 1.807) is 13.2 Å². The van der Waals surface area contributed by atoms with Crippen LogP contribution in [-0.2, 0) is 11.2 Å². The second kappa shape index (κ2) is 9.86. The summed E-state index contributed by atoms with van der Waals surface area (Å²) in [5.41, 5.74) is 1.42. The summed E-state index contributed by atoms with van der Waals surface area (Å²) in [6.45, 7) is 0.663. The van der Waals surface area contributed by atoms with Crippen molar-refractivity contribution in [2.75, 3.05) is 19.0 Å². The summed E-state index contributed by atoms with van der Waals surface area (Å²) in [7, 11) is 1.62. The fraction of sp³-hybridized carbons (Fsp3) is 0.304. The third kappa shape index (κ3) is 5.11. The third-order valence-corrected chi connectivity index (χ3v) is 6.39. The van der Waals surface area contributed by atoms with E-state index in [9.17, 15) is 14.0 Å². The Balaban J connectivity index is 1.38. The van der Waals surface area contributed by atoms with Gasteiger partial charge in [-0.1, -0.05) is 29.5 Å². The first-order valence-electron chi connectivity index (χ1n) is 10.4. The molecule has 1 N–H and O–H groups in total. The molecule has 2 aromatic carbocycles. The number of halogens is 1. The third-order valence-electron chi connectivity index (χ3n) is 5.36. The maximum absolute atomic E-state index is 13.3. The zero-order chi connectivity index (χ0) is 22.5. The summed E-state index contributed by atoms with van der Waals surface area (Å²) in [5, 5.41) is 11.6. The Labute approximate surface area is 189 Å². The molecule has 0 unspecified atom stereocenters. The van der Waals surface area contributed by atoms with Crippen molar-refractivity contribution in [3.63, 3.8) is 0 Å². The number of rotatable bonds is 7. The van der Waals surface area contributed by atoms with Crippen molar-refractivity contribution in [1.29, 1.82) is 0 Å². The van der Waals surface area contributed by atoms with Gasteiger partial charge in [0.15, 0.2) is 0 Å². The van der Waals surface area contributed by atoms with E-state index in [1.165, 1.54) is 29.5 Å². The Kier molecular flexibility index (Phi) is 6.75. The molecule has 0 saturated carbocycles. The van der Waals surface area contributed by atoms with E-state index in [0.29, 0.717) is 30.1 Å². The monoisotopic (exact) mass is 454 g/mol. The summed E-state index contributed by atoms with van der Waals surface area (Å²) in [6.07, 6.45) is 2.70. The van der Waals surface area contributed by atoms with Crippen molar-refractivity contribution >= 4 is 28.8 Å². The van der Waals surface area contributed by atoms with Gasteiger partial charge in [0.1, 0.15) is 16.6 Å². The minimum atomic E-state index is -0.449. The number of methoxy groups -OCH3 is 1. The van der Waals surface area contributed by atoms with Crippen LogP contribution >= 0.6 is 11.3 Å². The van der Waals surface area contributed by atoms with Crippen LogP contribution in [0.5, 0.6) is 5.75 Å². The Hall–Kier alpha value is -3.33. The molecule has 0 spiro atoms. The smallest absolute Gasteiger partial charge is 0.286 e. The zero-order valence-corrected chi connectivity index (χ0v) is 18.4. The molecule has 1 fully saturated rings. The van der Waals surface area contributed by atoms with E-state index in [4.69, 9.17) is 4.74 Å². The van der Waals surface area contributed by atoms with Crippen LogP contribution in [0, 0.1) is 5.82 Å². The average Bonchev–Trinajstić information content (AvgIpc) is 3.47. The van der Waals surface area contributed by atoms with E-state index >= 15 is 0 Å². The highest BCUT2D eigenvalue weighted by molar-refractivity contribution is 7.13. The lowest BCUT2D eigenvalue weighted by Crippen LogP contribution is -2.30. The molecule has 2 heterocycles. The molecule has 1 aliphatic rings. The number of carbonyl (C=O) groups is 2. The number of amides is 2. The topological polar surface area (TPSA) is 84.4 Å². The first-order chi connectivity index (χ1) is 15.5. The van der Waals surface area contributed by atoms with Gasteiger partial charge in [0, 0.05) is 18.7 Å². The Morgan fingerprint density at radius 2 is 2.03 bits per heavy atom. The molecular weight excluding hydrogens is 431 g/mol. The molecule has 2 amide bonds. The van der Waals surface area contributed by atoms with E-state index in [2.05, 4.69) is 15.5 Å². The Morgan fingerprint density at radius 3 is 2.78 bits per heavy atom. The van der Waals surface area contributed by atoms with Crippen LogP contribution in [0.25, 0.3) is 0 Å². The van der Waals surface area contributed by atoms with Gasteiger partial charge in [0.05, 0.1) is 13.2 Å². The van der Waals surface area contributed by atoms with Crippen LogP contribution in [0.15, 0.2) is 48.5 Å². The van der Waals surface area contributed by atoms with Gasteiger partial charge >= 0.3 is 0 Å². The number of nitrogens with one attached hydrogen (secondary N) is 1. The molecule has 3 aromatic rings. The molecule has 9 heteroatoms. The van der Waals surface area contributed by atoms with Gasteiger partial charge in [-0.05, 0) is 55.2 Å². The van der Waals surface area contributed by atoms with E-state index in [1.807, 2.05) is 29.2 Å². The molecular formula is C23H23FN4O3S. The number of hydrogen-bond acceptors (Lipinski definition) is 6. The maximum atomic E-state index is 13.3. The number of anilines is 1. The molecule has 1 atom stereocenters. The summed E-state index contributed by atoms with van der Waals surface area (Å²) in [4.78, 5) is 27.2. The fourth-order valence-electron chi connectivity index (χ4n) is 3.72. The van der Waals surface area contributed by atoms with Crippen molar-refractivity contribution < 1.29 is 18.7 Å². The van der Waals surface area contributed by atoms with Crippen molar-refractivity contribution in [2.45, 2.75) is 31.7 Å². The lowest BCUT2D eigenvalue weighted by Gasteiger charge is -2.22. The number of benzene rings is 2. The van der Waals surface area contributed by atoms with Crippen molar-refractivity contribution in [1.82, 2.24) is 15.1 Å². The van der Waals surface area contributed by atoms with Crippen molar-refractivity contribution in [3.05, 3.63) is 69.9 Å². The van der Waals surface area contributed by atoms with Crippen LogP contribution < -0.4 is 10.1 Å². The highest BCUT2D eigenvalue weighted by Gasteiger charge is 2.32. The highest BCUT2D eigenvalue weighted by atomic mass is 32.1. The maximum Gasteiger partial charge on any atom is 0.286 e. The van der Waals surface area contributed by atoms with Gasteiger partial charge in [0.25, 0.3) is 5.91 Å². The number of ether oxygens (including phenoxy) is 1. The zero-order valence-electron chi connectivity index (χ0n) is 17.6. The average molecular weight is 455 g/mol. The van der Waals surface area contributed by atoms with Crippen molar-refractivity contribution in [2.24, 2.45) is 0 Å². The number of hydrogen-bond donors (Lipinski definition) is 1. The van der Waals surface area contributed by atoms with Gasteiger partial charge in [-0.2, -0.15) is 0 Å². The lowest BCUT2D eigenvalue weighted by atomic mass is 10.1. The predicted octanol–water partition coefficient (Wildman–Crippen LogP) is 4.23. The van der Waals surface area contributed by atoms with Crippen LogP contribution in [-0.4, -0.2) is 40.6 Å². The Bertz CT molecular complexity index is 1100.